The van der Waals surface area contributed by atoms with Crippen molar-refractivity contribution in [3.63, 3.8) is 0 Å². The molecule has 4 rings (SSSR count). The van der Waals surface area contributed by atoms with Gasteiger partial charge in [-0.25, -0.2) is 9.97 Å². The number of rotatable bonds is 5. The van der Waals surface area contributed by atoms with Crippen LogP contribution in [0.25, 0.3) is 11.0 Å². The van der Waals surface area contributed by atoms with Gasteiger partial charge >= 0.3 is 0 Å². The third-order valence-corrected chi connectivity index (χ3v) is 5.02. The number of benzene rings is 1. The highest BCUT2D eigenvalue weighted by atomic mass is 16.1. The second-order valence-corrected chi connectivity index (χ2v) is 6.50. The second-order valence-electron chi connectivity index (χ2n) is 6.50. The largest absolute Gasteiger partial charge is 0.355 e. The molecule has 138 valence electrons. The first-order valence-electron chi connectivity index (χ1n) is 8.76. The molecular formula is C20H17N7O. The monoisotopic (exact) mass is 371 g/mol. The highest BCUT2D eigenvalue weighted by molar-refractivity contribution is 6.04. The molecule has 0 spiro atoms. The number of amides is 1. The van der Waals surface area contributed by atoms with Crippen LogP contribution in [0.1, 0.15) is 34.0 Å². The Bertz CT molecular complexity index is 1130. The number of fused-ring (bicyclic) bond motifs is 1. The summed E-state index contributed by atoms with van der Waals surface area (Å²) in [4.78, 5) is 24.0. The van der Waals surface area contributed by atoms with Crippen molar-refractivity contribution >= 4 is 29.4 Å². The quantitative estimate of drug-likeness (QED) is 0.715. The van der Waals surface area contributed by atoms with E-state index in [0.29, 0.717) is 16.9 Å². The van der Waals surface area contributed by atoms with Crippen LogP contribution in [0.2, 0.25) is 0 Å². The number of aromatic amines is 1. The van der Waals surface area contributed by atoms with Crippen molar-refractivity contribution in [1.29, 1.82) is 5.26 Å². The SMILES string of the molecule is CNC(=O)c1cccc(C(CC#N)C2(c3ncnc4[nH]ccc34)C=NN=C2)c1. The normalized spacial score (nSPS) is 15.4. The highest BCUT2D eigenvalue weighted by Crippen LogP contribution is 2.42. The number of H-pyrrole nitrogens is 1. The van der Waals surface area contributed by atoms with E-state index >= 15 is 0 Å². The average molecular weight is 371 g/mol. The second kappa shape index (κ2) is 7.04. The number of nitrogens with zero attached hydrogens (tertiary/aromatic N) is 5. The van der Waals surface area contributed by atoms with Crippen LogP contribution >= 0.6 is 0 Å². The molecule has 2 aromatic heterocycles. The van der Waals surface area contributed by atoms with Crippen LogP contribution in [0.4, 0.5) is 0 Å². The predicted molar refractivity (Wildman–Crippen MR) is 105 cm³/mol. The molecule has 0 saturated heterocycles. The first-order valence-corrected chi connectivity index (χ1v) is 8.76. The standard InChI is InChI=1S/C20H17N7O/c1-22-19(28)14-4-2-3-13(9-14)16(5-7-21)20(10-26-27-11-20)17-15-6-8-23-18(15)25-12-24-17/h2-4,6,8-12,16H,5H2,1H3,(H,22,28)(H,23,24,25). The minimum atomic E-state index is -0.819. The smallest absolute Gasteiger partial charge is 0.251 e. The fourth-order valence-corrected chi connectivity index (χ4v) is 3.67. The third-order valence-electron chi connectivity index (χ3n) is 5.02. The summed E-state index contributed by atoms with van der Waals surface area (Å²) in [7, 11) is 1.59. The Balaban J connectivity index is 1.91. The van der Waals surface area contributed by atoms with Gasteiger partial charge in [0, 0.05) is 49.0 Å². The van der Waals surface area contributed by atoms with E-state index in [0.717, 1.165) is 10.9 Å². The lowest BCUT2D eigenvalue weighted by Crippen LogP contribution is -2.37. The molecule has 28 heavy (non-hydrogen) atoms. The van der Waals surface area contributed by atoms with Crippen molar-refractivity contribution in [2.24, 2.45) is 10.2 Å². The lowest BCUT2D eigenvalue weighted by Gasteiger charge is -2.31. The zero-order valence-corrected chi connectivity index (χ0v) is 15.1. The van der Waals surface area contributed by atoms with Crippen LogP contribution in [-0.4, -0.2) is 40.3 Å². The number of nitriles is 1. The lowest BCUT2D eigenvalue weighted by atomic mass is 9.69. The summed E-state index contributed by atoms with van der Waals surface area (Å²) in [5.74, 6) is -0.513. The number of hydrogen-bond acceptors (Lipinski definition) is 6. The van der Waals surface area contributed by atoms with Crippen LogP contribution in [0, 0.1) is 11.3 Å². The van der Waals surface area contributed by atoms with Gasteiger partial charge in [-0.15, -0.1) is 0 Å². The third kappa shape index (κ3) is 2.74. The van der Waals surface area contributed by atoms with Gasteiger partial charge in [-0.3, -0.25) is 4.79 Å². The number of carbonyl (C=O) groups excluding carboxylic acids is 1. The Labute approximate surface area is 161 Å². The van der Waals surface area contributed by atoms with Crippen molar-refractivity contribution < 1.29 is 4.79 Å². The van der Waals surface area contributed by atoms with Gasteiger partial charge in [-0.1, -0.05) is 12.1 Å². The van der Waals surface area contributed by atoms with Gasteiger partial charge in [0.1, 0.15) is 12.0 Å². The van der Waals surface area contributed by atoms with Gasteiger partial charge in [0.15, 0.2) is 0 Å². The van der Waals surface area contributed by atoms with Crippen LogP contribution in [0.15, 0.2) is 53.1 Å². The molecule has 1 aliphatic rings. The van der Waals surface area contributed by atoms with Gasteiger partial charge < -0.3 is 10.3 Å². The zero-order chi connectivity index (χ0) is 19.6. The van der Waals surface area contributed by atoms with Crippen LogP contribution in [0.5, 0.6) is 0 Å². The summed E-state index contributed by atoms with van der Waals surface area (Å²) in [6.45, 7) is 0. The van der Waals surface area contributed by atoms with E-state index in [1.165, 1.54) is 6.33 Å². The molecule has 1 atom stereocenters. The molecule has 2 N–H and O–H groups in total. The summed E-state index contributed by atoms with van der Waals surface area (Å²) in [6, 6.07) is 11.4. The number of carbonyl (C=O) groups is 1. The van der Waals surface area contributed by atoms with Crippen LogP contribution in [0.3, 0.4) is 0 Å². The van der Waals surface area contributed by atoms with Crippen molar-refractivity contribution in [1.82, 2.24) is 20.3 Å². The summed E-state index contributed by atoms with van der Waals surface area (Å²) in [5.41, 5.74) is 1.96. The van der Waals surface area contributed by atoms with Crippen molar-refractivity contribution in [2.45, 2.75) is 17.8 Å². The predicted octanol–water partition coefficient (Wildman–Crippen LogP) is 2.32. The average Bonchev–Trinajstić information content (AvgIpc) is 3.41. The van der Waals surface area contributed by atoms with Gasteiger partial charge in [0.2, 0.25) is 0 Å². The van der Waals surface area contributed by atoms with Gasteiger partial charge in [0.25, 0.3) is 5.91 Å². The Morgan fingerprint density at radius 2 is 2.11 bits per heavy atom. The van der Waals surface area contributed by atoms with E-state index in [-0.39, 0.29) is 18.2 Å². The Hall–Kier alpha value is -3.86. The van der Waals surface area contributed by atoms with E-state index in [1.807, 2.05) is 18.2 Å². The molecule has 0 aliphatic carbocycles. The zero-order valence-electron chi connectivity index (χ0n) is 15.1. The summed E-state index contributed by atoms with van der Waals surface area (Å²) in [5, 5.41) is 21.2. The van der Waals surface area contributed by atoms with Crippen molar-refractivity contribution in [2.75, 3.05) is 7.05 Å². The minimum Gasteiger partial charge on any atom is -0.355 e. The van der Waals surface area contributed by atoms with E-state index < -0.39 is 5.41 Å². The van der Waals surface area contributed by atoms with Crippen LogP contribution in [-0.2, 0) is 5.41 Å². The van der Waals surface area contributed by atoms with Crippen molar-refractivity contribution in [3.05, 3.63) is 59.7 Å². The molecule has 3 aromatic rings. The topological polar surface area (TPSA) is 119 Å². The molecule has 0 fully saturated rings. The maximum absolute atomic E-state index is 12.1. The molecule has 0 bridgehead atoms. The summed E-state index contributed by atoms with van der Waals surface area (Å²) in [6.07, 6.45) is 6.92. The summed E-state index contributed by atoms with van der Waals surface area (Å²) >= 11 is 0. The maximum Gasteiger partial charge on any atom is 0.251 e. The molecule has 0 radical (unpaired) electrons. The molecule has 1 aromatic carbocycles. The lowest BCUT2D eigenvalue weighted by molar-refractivity contribution is 0.0963. The van der Waals surface area contributed by atoms with Gasteiger partial charge in [-0.05, 0) is 23.8 Å². The minimum absolute atomic E-state index is 0.185. The highest BCUT2D eigenvalue weighted by Gasteiger charge is 2.43. The number of nitrogens with one attached hydrogen (secondary N) is 2. The maximum atomic E-state index is 12.1. The molecule has 1 unspecified atom stereocenters. The molecule has 3 heterocycles. The van der Waals surface area contributed by atoms with E-state index in [1.54, 1.807) is 37.8 Å². The molecule has 1 aliphatic heterocycles. The fraction of sp³-hybridized carbons (Fsp3) is 0.200. The van der Waals surface area contributed by atoms with Gasteiger partial charge in [-0.2, -0.15) is 15.5 Å². The van der Waals surface area contributed by atoms with E-state index in [4.69, 9.17) is 0 Å². The number of hydrogen-bond donors (Lipinski definition) is 2. The molecule has 8 heteroatoms. The van der Waals surface area contributed by atoms with Crippen molar-refractivity contribution in [3.8, 4) is 6.07 Å². The fourth-order valence-electron chi connectivity index (χ4n) is 3.67. The molecule has 8 nitrogen and oxygen atoms in total. The Morgan fingerprint density at radius 1 is 1.29 bits per heavy atom. The van der Waals surface area contributed by atoms with E-state index in [9.17, 15) is 10.1 Å². The number of aromatic nitrogens is 3. The van der Waals surface area contributed by atoms with Gasteiger partial charge in [0.05, 0.1) is 17.2 Å². The molecule has 0 saturated carbocycles. The van der Waals surface area contributed by atoms with E-state index in [2.05, 4.69) is 36.5 Å². The first kappa shape index (κ1) is 17.5. The van der Waals surface area contributed by atoms with Crippen LogP contribution < -0.4 is 5.32 Å². The Morgan fingerprint density at radius 3 is 2.86 bits per heavy atom. The molecule has 1 amide bonds. The first-order chi connectivity index (χ1) is 13.7. The summed E-state index contributed by atoms with van der Waals surface area (Å²) < 4.78 is 0. The Kier molecular flexibility index (Phi) is 4.41. The molecular weight excluding hydrogens is 354 g/mol.